The van der Waals surface area contributed by atoms with Crippen LogP contribution < -0.4 is 14.2 Å². The molecule has 0 aliphatic heterocycles. The Labute approximate surface area is 176 Å². The minimum Gasteiger partial charge on any atom is -0.496 e. The molecule has 0 aliphatic carbocycles. The lowest BCUT2D eigenvalue weighted by Gasteiger charge is -2.14. The number of sulfonamides is 1. The van der Waals surface area contributed by atoms with E-state index in [9.17, 15) is 12.8 Å². The molecule has 0 fully saturated rings. The highest BCUT2D eigenvalue weighted by atomic mass is 32.2. The average molecular weight is 430 g/mol. The van der Waals surface area contributed by atoms with Gasteiger partial charge in [0.15, 0.2) is 0 Å². The van der Waals surface area contributed by atoms with E-state index in [0.717, 1.165) is 16.7 Å². The zero-order valence-electron chi connectivity index (χ0n) is 17.1. The van der Waals surface area contributed by atoms with Crippen LogP contribution in [0.25, 0.3) is 0 Å². The van der Waals surface area contributed by atoms with E-state index in [-0.39, 0.29) is 17.3 Å². The standard InChI is InChI=1S/C23H24FNO4S/c1-16-17(2)23(13-12-22(16)28-3)30(26,27)25-14-18-6-10-21(11-7-18)29-15-19-4-8-20(24)9-5-19/h4-13,25H,14-15H2,1-3H3. The monoisotopic (exact) mass is 429 g/mol. The number of hydrogen-bond acceptors (Lipinski definition) is 4. The van der Waals surface area contributed by atoms with Crippen LogP contribution in [0.15, 0.2) is 65.6 Å². The van der Waals surface area contributed by atoms with Gasteiger partial charge in [0.2, 0.25) is 10.0 Å². The van der Waals surface area contributed by atoms with Gasteiger partial charge in [0.05, 0.1) is 12.0 Å². The highest BCUT2D eigenvalue weighted by Crippen LogP contribution is 2.27. The topological polar surface area (TPSA) is 64.6 Å². The van der Waals surface area contributed by atoms with Crippen LogP contribution in [0.1, 0.15) is 22.3 Å². The number of halogens is 1. The Morgan fingerprint density at radius 1 is 0.867 bits per heavy atom. The van der Waals surface area contributed by atoms with Crippen LogP contribution >= 0.6 is 0 Å². The van der Waals surface area contributed by atoms with E-state index < -0.39 is 10.0 Å². The second kappa shape index (κ2) is 9.28. The molecule has 7 heteroatoms. The summed E-state index contributed by atoms with van der Waals surface area (Å²) in [6.45, 7) is 4.07. The van der Waals surface area contributed by atoms with Crippen molar-refractivity contribution in [3.63, 3.8) is 0 Å². The fourth-order valence-electron chi connectivity index (χ4n) is 2.99. The Hall–Kier alpha value is -2.90. The number of ether oxygens (including phenoxy) is 2. The first-order valence-electron chi connectivity index (χ1n) is 9.40. The summed E-state index contributed by atoms with van der Waals surface area (Å²) in [5.41, 5.74) is 3.11. The van der Waals surface area contributed by atoms with Gasteiger partial charge in [-0.15, -0.1) is 0 Å². The van der Waals surface area contributed by atoms with Crippen molar-refractivity contribution in [3.8, 4) is 11.5 Å². The van der Waals surface area contributed by atoms with Gasteiger partial charge in [-0.05, 0) is 72.5 Å². The van der Waals surface area contributed by atoms with Crippen molar-refractivity contribution in [2.75, 3.05) is 7.11 Å². The van der Waals surface area contributed by atoms with Crippen LogP contribution in [0.2, 0.25) is 0 Å². The fourth-order valence-corrected chi connectivity index (χ4v) is 4.31. The largest absolute Gasteiger partial charge is 0.496 e. The first-order valence-corrected chi connectivity index (χ1v) is 10.9. The number of nitrogens with one attached hydrogen (secondary N) is 1. The molecule has 3 aromatic carbocycles. The Bertz CT molecular complexity index is 1110. The summed E-state index contributed by atoms with van der Waals surface area (Å²) in [7, 11) is -2.11. The third-order valence-electron chi connectivity index (χ3n) is 4.91. The third-order valence-corrected chi connectivity index (χ3v) is 6.45. The predicted molar refractivity (Wildman–Crippen MR) is 114 cm³/mol. The second-order valence-electron chi connectivity index (χ2n) is 6.90. The van der Waals surface area contributed by atoms with Gasteiger partial charge in [-0.3, -0.25) is 0 Å². The normalized spacial score (nSPS) is 11.3. The van der Waals surface area contributed by atoms with Crippen molar-refractivity contribution in [1.29, 1.82) is 0 Å². The van der Waals surface area contributed by atoms with E-state index in [1.165, 1.54) is 12.1 Å². The van der Waals surface area contributed by atoms with E-state index in [1.54, 1.807) is 62.6 Å². The lowest BCUT2D eigenvalue weighted by molar-refractivity contribution is 0.306. The maximum absolute atomic E-state index is 12.9. The molecule has 0 amide bonds. The van der Waals surface area contributed by atoms with Crippen LogP contribution in [0.3, 0.4) is 0 Å². The molecule has 0 aliphatic rings. The van der Waals surface area contributed by atoms with Crippen LogP contribution in [0, 0.1) is 19.7 Å². The molecule has 0 unspecified atom stereocenters. The summed E-state index contributed by atoms with van der Waals surface area (Å²) in [4.78, 5) is 0.236. The summed E-state index contributed by atoms with van der Waals surface area (Å²) in [6, 6.07) is 16.5. The van der Waals surface area contributed by atoms with Crippen molar-refractivity contribution in [2.45, 2.75) is 31.9 Å². The molecule has 0 spiro atoms. The smallest absolute Gasteiger partial charge is 0.241 e. The molecule has 158 valence electrons. The van der Waals surface area contributed by atoms with Crippen molar-refractivity contribution in [3.05, 3.63) is 88.7 Å². The van der Waals surface area contributed by atoms with Crippen molar-refractivity contribution in [2.24, 2.45) is 0 Å². The van der Waals surface area contributed by atoms with E-state index >= 15 is 0 Å². The molecule has 3 rings (SSSR count). The summed E-state index contributed by atoms with van der Waals surface area (Å²) in [5, 5.41) is 0. The highest BCUT2D eigenvalue weighted by Gasteiger charge is 2.19. The minimum absolute atomic E-state index is 0.158. The van der Waals surface area contributed by atoms with Gasteiger partial charge < -0.3 is 9.47 Å². The lowest BCUT2D eigenvalue weighted by atomic mass is 10.1. The molecule has 30 heavy (non-hydrogen) atoms. The first kappa shape index (κ1) is 21.8. The molecular formula is C23H24FNO4S. The molecular weight excluding hydrogens is 405 g/mol. The molecule has 0 aromatic heterocycles. The second-order valence-corrected chi connectivity index (χ2v) is 8.63. The van der Waals surface area contributed by atoms with Gasteiger partial charge in [-0.2, -0.15) is 0 Å². The molecule has 3 aromatic rings. The fraction of sp³-hybridized carbons (Fsp3) is 0.217. The van der Waals surface area contributed by atoms with E-state index in [0.29, 0.717) is 23.7 Å². The van der Waals surface area contributed by atoms with Crippen molar-refractivity contribution in [1.82, 2.24) is 4.72 Å². The maximum Gasteiger partial charge on any atom is 0.241 e. The van der Waals surface area contributed by atoms with Gasteiger partial charge in [-0.25, -0.2) is 17.5 Å². The van der Waals surface area contributed by atoms with E-state index in [4.69, 9.17) is 9.47 Å². The van der Waals surface area contributed by atoms with Crippen LogP contribution in [-0.4, -0.2) is 15.5 Å². The highest BCUT2D eigenvalue weighted by molar-refractivity contribution is 7.89. The van der Waals surface area contributed by atoms with Gasteiger partial charge in [-0.1, -0.05) is 24.3 Å². The molecule has 0 saturated carbocycles. The van der Waals surface area contributed by atoms with Crippen molar-refractivity contribution >= 4 is 10.0 Å². The van der Waals surface area contributed by atoms with Gasteiger partial charge in [0.1, 0.15) is 23.9 Å². The molecule has 0 atom stereocenters. The maximum atomic E-state index is 12.9. The Morgan fingerprint density at radius 2 is 1.50 bits per heavy atom. The lowest BCUT2D eigenvalue weighted by Crippen LogP contribution is -2.24. The Kier molecular flexibility index (Phi) is 6.74. The molecule has 0 heterocycles. The first-order chi connectivity index (χ1) is 14.3. The van der Waals surface area contributed by atoms with E-state index in [1.807, 2.05) is 6.92 Å². The van der Waals surface area contributed by atoms with Gasteiger partial charge in [0.25, 0.3) is 0 Å². The molecule has 0 radical (unpaired) electrons. The predicted octanol–water partition coefficient (Wildman–Crippen LogP) is 4.51. The minimum atomic E-state index is -3.66. The zero-order valence-corrected chi connectivity index (χ0v) is 17.9. The van der Waals surface area contributed by atoms with Crippen molar-refractivity contribution < 1.29 is 22.3 Å². The Morgan fingerprint density at radius 3 is 2.13 bits per heavy atom. The quantitative estimate of drug-likeness (QED) is 0.572. The molecule has 0 saturated heterocycles. The molecule has 5 nitrogen and oxygen atoms in total. The van der Waals surface area contributed by atoms with Gasteiger partial charge in [0, 0.05) is 6.54 Å². The number of benzene rings is 3. The molecule has 1 N–H and O–H groups in total. The zero-order chi connectivity index (χ0) is 21.7. The number of hydrogen-bond donors (Lipinski definition) is 1. The van der Waals surface area contributed by atoms with Crippen LogP contribution in [-0.2, 0) is 23.2 Å². The summed E-state index contributed by atoms with van der Waals surface area (Å²) in [6.07, 6.45) is 0. The van der Waals surface area contributed by atoms with Gasteiger partial charge >= 0.3 is 0 Å². The third kappa shape index (κ3) is 5.17. The SMILES string of the molecule is COc1ccc(S(=O)(=O)NCc2ccc(OCc3ccc(F)cc3)cc2)c(C)c1C. The van der Waals surface area contributed by atoms with Crippen LogP contribution in [0.5, 0.6) is 11.5 Å². The molecule has 0 bridgehead atoms. The average Bonchev–Trinajstić information content (AvgIpc) is 2.74. The Balaban J connectivity index is 1.61. The summed E-state index contributed by atoms with van der Waals surface area (Å²) < 4.78 is 51.9. The van der Waals surface area contributed by atoms with Crippen LogP contribution in [0.4, 0.5) is 4.39 Å². The summed E-state index contributed by atoms with van der Waals surface area (Å²) >= 11 is 0. The number of methoxy groups -OCH3 is 1. The van der Waals surface area contributed by atoms with E-state index in [2.05, 4.69) is 4.72 Å². The summed E-state index contributed by atoms with van der Waals surface area (Å²) in [5.74, 6) is 1.01. The number of rotatable bonds is 8.